The van der Waals surface area contributed by atoms with Crippen LogP contribution >= 0.6 is 0 Å². The molecular formula is C19H37N3O. The molecule has 0 heterocycles. The summed E-state index contributed by atoms with van der Waals surface area (Å²) in [7, 11) is 0. The van der Waals surface area contributed by atoms with Gasteiger partial charge in [0.25, 0.3) is 0 Å². The third-order valence-corrected chi connectivity index (χ3v) is 5.21. The van der Waals surface area contributed by atoms with Crippen molar-refractivity contribution in [2.24, 2.45) is 4.99 Å². The lowest BCUT2D eigenvalue weighted by molar-refractivity contribution is 0.282. The summed E-state index contributed by atoms with van der Waals surface area (Å²) in [5, 5.41) is 16.1. The van der Waals surface area contributed by atoms with E-state index in [1.807, 2.05) is 0 Å². The molecule has 0 bridgehead atoms. The number of nitrogens with one attached hydrogen (secondary N) is 2. The van der Waals surface area contributed by atoms with Gasteiger partial charge in [0, 0.05) is 19.2 Å². The van der Waals surface area contributed by atoms with Gasteiger partial charge in [-0.2, -0.15) is 0 Å². The van der Waals surface area contributed by atoms with Crippen LogP contribution in [0, 0.1) is 0 Å². The molecule has 0 radical (unpaired) electrons. The Kier molecular flexibility index (Phi) is 9.46. The van der Waals surface area contributed by atoms with Crippen molar-refractivity contribution in [1.29, 1.82) is 0 Å². The molecular weight excluding hydrogens is 286 g/mol. The zero-order chi connectivity index (χ0) is 16.2. The average molecular weight is 324 g/mol. The van der Waals surface area contributed by atoms with Crippen molar-refractivity contribution in [3.8, 4) is 0 Å². The predicted molar refractivity (Wildman–Crippen MR) is 97.9 cm³/mol. The summed E-state index contributed by atoms with van der Waals surface area (Å²) in [5.74, 6) is 1.06. The lowest BCUT2D eigenvalue weighted by Gasteiger charge is -2.27. The van der Waals surface area contributed by atoms with Crippen molar-refractivity contribution in [2.45, 2.75) is 102 Å². The molecule has 2 aliphatic rings. The van der Waals surface area contributed by atoms with E-state index in [9.17, 15) is 0 Å². The lowest BCUT2D eigenvalue weighted by atomic mass is 9.95. The number of nitrogens with zero attached hydrogens (tertiary/aromatic N) is 1. The second-order valence-electron chi connectivity index (χ2n) is 7.31. The number of hydrogen-bond donors (Lipinski definition) is 3. The normalized spacial score (nSPS) is 21.3. The molecule has 23 heavy (non-hydrogen) atoms. The highest BCUT2D eigenvalue weighted by atomic mass is 16.2. The maximum Gasteiger partial charge on any atom is 0.191 e. The first kappa shape index (κ1) is 18.6. The first-order chi connectivity index (χ1) is 11.4. The van der Waals surface area contributed by atoms with E-state index in [4.69, 9.17) is 10.1 Å². The van der Waals surface area contributed by atoms with E-state index >= 15 is 0 Å². The van der Waals surface area contributed by atoms with Gasteiger partial charge in [0.2, 0.25) is 0 Å². The second kappa shape index (κ2) is 11.7. The Morgan fingerprint density at radius 3 is 2.17 bits per heavy atom. The predicted octanol–water partition coefficient (Wildman–Crippen LogP) is 3.74. The zero-order valence-electron chi connectivity index (χ0n) is 14.9. The lowest BCUT2D eigenvalue weighted by Crippen LogP contribution is -2.45. The number of rotatable bonds is 8. The minimum absolute atomic E-state index is 0.324. The molecule has 134 valence electrons. The highest BCUT2D eigenvalue weighted by molar-refractivity contribution is 5.80. The summed E-state index contributed by atoms with van der Waals surface area (Å²) in [6.45, 7) is 1.32. The zero-order valence-corrected chi connectivity index (χ0v) is 14.9. The molecule has 2 aliphatic carbocycles. The van der Waals surface area contributed by atoms with E-state index in [2.05, 4.69) is 10.6 Å². The highest BCUT2D eigenvalue weighted by Crippen LogP contribution is 2.21. The minimum Gasteiger partial charge on any atom is -0.396 e. The summed E-state index contributed by atoms with van der Waals surface area (Å²) in [6, 6.07) is 1.14. The van der Waals surface area contributed by atoms with Crippen LogP contribution in [0.5, 0.6) is 0 Å². The Balaban J connectivity index is 1.76. The maximum atomic E-state index is 8.83. The fourth-order valence-corrected chi connectivity index (χ4v) is 3.76. The Morgan fingerprint density at radius 2 is 1.48 bits per heavy atom. The Labute approximate surface area is 142 Å². The largest absolute Gasteiger partial charge is 0.396 e. The molecule has 0 aromatic carbocycles. The van der Waals surface area contributed by atoms with Gasteiger partial charge in [-0.15, -0.1) is 0 Å². The summed E-state index contributed by atoms with van der Waals surface area (Å²) in [4.78, 5) is 5.02. The van der Waals surface area contributed by atoms with Crippen molar-refractivity contribution in [3.63, 3.8) is 0 Å². The Bertz CT molecular complexity index is 321. The first-order valence-corrected chi connectivity index (χ1v) is 10.1. The van der Waals surface area contributed by atoms with E-state index in [0.717, 1.165) is 31.8 Å². The van der Waals surface area contributed by atoms with Gasteiger partial charge in [0.1, 0.15) is 0 Å². The maximum absolute atomic E-state index is 8.83. The molecule has 0 aromatic heterocycles. The van der Waals surface area contributed by atoms with Crippen LogP contribution in [0.25, 0.3) is 0 Å². The van der Waals surface area contributed by atoms with Gasteiger partial charge in [-0.3, -0.25) is 0 Å². The van der Waals surface area contributed by atoms with E-state index in [1.54, 1.807) is 0 Å². The van der Waals surface area contributed by atoms with Gasteiger partial charge in [0.15, 0.2) is 5.96 Å². The summed E-state index contributed by atoms with van der Waals surface area (Å²) >= 11 is 0. The summed E-state index contributed by atoms with van der Waals surface area (Å²) in [6.07, 6.45) is 17.7. The molecule has 0 amide bonds. The van der Waals surface area contributed by atoms with Gasteiger partial charge in [-0.25, -0.2) is 4.99 Å². The second-order valence-corrected chi connectivity index (χ2v) is 7.31. The van der Waals surface area contributed by atoms with Gasteiger partial charge < -0.3 is 15.7 Å². The average Bonchev–Trinajstić information content (AvgIpc) is 2.60. The van der Waals surface area contributed by atoms with Gasteiger partial charge >= 0.3 is 0 Å². The molecule has 2 fully saturated rings. The number of unbranched alkanes of at least 4 members (excludes halogenated alkanes) is 3. The molecule has 2 rings (SSSR count). The van der Waals surface area contributed by atoms with Crippen molar-refractivity contribution >= 4 is 5.96 Å². The molecule has 0 spiro atoms. The number of aliphatic hydroxyl groups excluding tert-OH is 1. The van der Waals surface area contributed by atoms with E-state index < -0.39 is 0 Å². The monoisotopic (exact) mass is 323 g/mol. The number of aliphatic imine (C=N–C) groups is 1. The highest BCUT2D eigenvalue weighted by Gasteiger charge is 2.17. The topological polar surface area (TPSA) is 56.6 Å². The van der Waals surface area contributed by atoms with E-state index in [1.165, 1.54) is 70.6 Å². The van der Waals surface area contributed by atoms with E-state index in [-0.39, 0.29) is 0 Å². The van der Waals surface area contributed by atoms with Crippen LogP contribution in [0.3, 0.4) is 0 Å². The fraction of sp³-hybridized carbons (Fsp3) is 0.947. The molecule has 3 N–H and O–H groups in total. The van der Waals surface area contributed by atoms with Crippen LogP contribution in [0.15, 0.2) is 4.99 Å². The molecule has 4 heteroatoms. The molecule has 2 saturated carbocycles. The van der Waals surface area contributed by atoms with Gasteiger partial charge in [-0.05, 0) is 38.5 Å². The molecule has 0 atom stereocenters. The van der Waals surface area contributed by atoms with Crippen molar-refractivity contribution in [3.05, 3.63) is 0 Å². The van der Waals surface area contributed by atoms with E-state index in [0.29, 0.717) is 18.7 Å². The van der Waals surface area contributed by atoms with Crippen LogP contribution in [-0.2, 0) is 0 Å². The van der Waals surface area contributed by atoms with Crippen molar-refractivity contribution < 1.29 is 5.11 Å². The van der Waals surface area contributed by atoms with Crippen LogP contribution in [0.4, 0.5) is 0 Å². The quantitative estimate of drug-likeness (QED) is 0.362. The molecule has 0 saturated heterocycles. The van der Waals surface area contributed by atoms with Gasteiger partial charge in [0.05, 0.1) is 6.04 Å². The fourth-order valence-electron chi connectivity index (χ4n) is 3.76. The number of guanidine groups is 1. The van der Waals surface area contributed by atoms with Crippen LogP contribution < -0.4 is 10.6 Å². The molecule has 0 aromatic rings. The molecule has 0 unspecified atom stereocenters. The SMILES string of the molecule is OCCCCCCN/C(=N\C1CCCCC1)NC1CCCCC1. The van der Waals surface area contributed by atoms with Crippen LogP contribution in [0.2, 0.25) is 0 Å². The number of aliphatic hydroxyl groups is 1. The summed E-state index contributed by atoms with van der Waals surface area (Å²) in [5.41, 5.74) is 0. The Morgan fingerprint density at radius 1 is 0.826 bits per heavy atom. The van der Waals surface area contributed by atoms with Crippen molar-refractivity contribution in [2.75, 3.05) is 13.2 Å². The third kappa shape index (κ3) is 8.05. The third-order valence-electron chi connectivity index (χ3n) is 5.21. The smallest absolute Gasteiger partial charge is 0.191 e. The standard InChI is InChI=1S/C19H37N3O/c23-16-10-2-1-9-15-20-19(21-17-11-5-3-6-12-17)22-18-13-7-4-8-14-18/h17-18,23H,1-16H2,(H2,20,21,22). The molecule has 0 aliphatic heterocycles. The van der Waals surface area contributed by atoms with Crippen LogP contribution in [0.1, 0.15) is 89.9 Å². The first-order valence-electron chi connectivity index (χ1n) is 10.1. The minimum atomic E-state index is 0.324. The summed E-state index contributed by atoms with van der Waals surface area (Å²) < 4.78 is 0. The van der Waals surface area contributed by atoms with Crippen molar-refractivity contribution in [1.82, 2.24) is 10.6 Å². The Hall–Kier alpha value is -0.770. The van der Waals surface area contributed by atoms with Crippen LogP contribution in [-0.4, -0.2) is 36.3 Å². The molecule has 4 nitrogen and oxygen atoms in total. The van der Waals surface area contributed by atoms with Gasteiger partial charge in [-0.1, -0.05) is 51.4 Å². The number of hydrogen-bond acceptors (Lipinski definition) is 2.